The molecule has 4 rings (SSSR count). The van der Waals surface area contributed by atoms with Crippen LogP contribution >= 0.6 is 11.8 Å². The lowest BCUT2D eigenvalue weighted by Crippen LogP contribution is -2.24. The summed E-state index contributed by atoms with van der Waals surface area (Å²) >= 11 is 1.41. The maximum absolute atomic E-state index is 12.3. The largest absolute Gasteiger partial charge is 0.351 e. The van der Waals surface area contributed by atoms with Crippen molar-refractivity contribution in [3.63, 3.8) is 0 Å². The number of amides is 1. The lowest BCUT2D eigenvalue weighted by atomic mass is 10.1. The molecule has 0 aliphatic heterocycles. The predicted octanol–water partition coefficient (Wildman–Crippen LogP) is 2.87. The van der Waals surface area contributed by atoms with Gasteiger partial charge < -0.3 is 5.32 Å². The summed E-state index contributed by atoms with van der Waals surface area (Å²) in [7, 11) is 0. The third-order valence-corrected chi connectivity index (χ3v) is 5.47. The Bertz CT molecular complexity index is 1140. The van der Waals surface area contributed by atoms with Gasteiger partial charge in [-0.1, -0.05) is 35.5 Å². The van der Waals surface area contributed by atoms with Crippen molar-refractivity contribution >= 4 is 17.7 Å². The van der Waals surface area contributed by atoms with Crippen LogP contribution in [0.5, 0.6) is 0 Å². The number of aromatic nitrogens is 6. The zero-order valence-electron chi connectivity index (χ0n) is 16.7. The van der Waals surface area contributed by atoms with Gasteiger partial charge in [-0.25, -0.2) is 19.6 Å². The summed E-state index contributed by atoms with van der Waals surface area (Å²) in [6.45, 7) is 4.56. The SMILES string of the molecule is Cc1ccc(-n2ccnc2SCC(=O)NCc2ccc(-n3cncn3)nc2)c(C)c1. The monoisotopic (exact) mass is 419 g/mol. The van der Waals surface area contributed by atoms with Crippen LogP contribution in [0.3, 0.4) is 0 Å². The summed E-state index contributed by atoms with van der Waals surface area (Å²) in [5.74, 6) is 0.902. The van der Waals surface area contributed by atoms with Gasteiger partial charge in [-0.15, -0.1) is 0 Å². The smallest absolute Gasteiger partial charge is 0.230 e. The third kappa shape index (κ3) is 4.57. The molecular formula is C21H21N7OS. The molecule has 0 radical (unpaired) electrons. The van der Waals surface area contributed by atoms with Crippen LogP contribution in [0.4, 0.5) is 0 Å². The average molecular weight is 420 g/mol. The van der Waals surface area contributed by atoms with E-state index in [1.54, 1.807) is 23.4 Å². The first-order chi connectivity index (χ1) is 14.6. The van der Waals surface area contributed by atoms with Crippen LogP contribution in [0, 0.1) is 13.8 Å². The number of rotatable bonds is 7. The highest BCUT2D eigenvalue weighted by atomic mass is 32.2. The van der Waals surface area contributed by atoms with Crippen LogP contribution in [0.1, 0.15) is 16.7 Å². The molecule has 0 bridgehead atoms. The van der Waals surface area contributed by atoms with Crippen molar-refractivity contribution in [2.45, 2.75) is 25.5 Å². The Morgan fingerprint density at radius 1 is 1.17 bits per heavy atom. The Kier molecular flexibility index (Phi) is 5.89. The van der Waals surface area contributed by atoms with Crippen LogP contribution < -0.4 is 5.32 Å². The van der Waals surface area contributed by atoms with E-state index < -0.39 is 0 Å². The van der Waals surface area contributed by atoms with Crippen LogP contribution in [0.15, 0.2) is 66.7 Å². The Hall–Kier alpha value is -3.46. The van der Waals surface area contributed by atoms with Crippen molar-refractivity contribution in [2.24, 2.45) is 0 Å². The summed E-state index contributed by atoms with van der Waals surface area (Å²) in [6.07, 6.45) is 8.43. The van der Waals surface area contributed by atoms with E-state index in [0.29, 0.717) is 12.4 Å². The van der Waals surface area contributed by atoms with Crippen molar-refractivity contribution in [1.29, 1.82) is 0 Å². The fraction of sp³-hybridized carbons (Fsp3) is 0.190. The van der Waals surface area contributed by atoms with Gasteiger partial charge in [-0.05, 0) is 37.1 Å². The fourth-order valence-electron chi connectivity index (χ4n) is 3.02. The summed E-state index contributed by atoms with van der Waals surface area (Å²) in [6, 6.07) is 10.0. The van der Waals surface area contributed by atoms with Gasteiger partial charge in [0.1, 0.15) is 12.7 Å². The van der Waals surface area contributed by atoms with Gasteiger partial charge in [0.15, 0.2) is 11.0 Å². The number of thioether (sulfide) groups is 1. The van der Waals surface area contributed by atoms with Gasteiger partial charge in [0.25, 0.3) is 0 Å². The molecule has 0 unspecified atom stereocenters. The Morgan fingerprint density at radius 2 is 2.07 bits per heavy atom. The number of nitrogens with zero attached hydrogens (tertiary/aromatic N) is 6. The second-order valence-corrected chi connectivity index (χ2v) is 7.74. The van der Waals surface area contributed by atoms with E-state index in [4.69, 9.17) is 0 Å². The van der Waals surface area contributed by atoms with Crippen LogP contribution in [0.2, 0.25) is 0 Å². The molecule has 0 saturated carbocycles. The van der Waals surface area contributed by atoms with E-state index >= 15 is 0 Å². The normalized spacial score (nSPS) is 10.9. The first kappa shape index (κ1) is 19.8. The van der Waals surface area contributed by atoms with Crippen LogP contribution in [-0.4, -0.2) is 41.0 Å². The van der Waals surface area contributed by atoms with E-state index in [0.717, 1.165) is 16.4 Å². The summed E-state index contributed by atoms with van der Waals surface area (Å²) in [5, 5.41) is 7.75. The number of aryl methyl sites for hydroxylation is 2. The molecule has 0 saturated heterocycles. The maximum Gasteiger partial charge on any atom is 0.230 e. The van der Waals surface area contributed by atoms with Crippen molar-refractivity contribution in [1.82, 2.24) is 34.6 Å². The van der Waals surface area contributed by atoms with Gasteiger partial charge in [-0.3, -0.25) is 9.36 Å². The molecule has 30 heavy (non-hydrogen) atoms. The fourth-order valence-corrected chi connectivity index (χ4v) is 3.82. The number of carbonyl (C=O) groups is 1. The minimum absolute atomic E-state index is 0.0597. The van der Waals surface area contributed by atoms with Crippen LogP contribution in [0.25, 0.3) is 11.5 Å². The highest BCUT2D eigenvalue weighted by Gasteiger charge is 2.11. The van der Waals surface area contributed by atoms with Crippen molar-refractivity contribution in [2.75, 3.05) is 5.75 Å². The Balaban J connectivity index is 1.32. The van der Waals surface area contributed by atoms with E-state index in [9.17, 15) is 4.79 Å². The number of benzene rings is 1. The van der Waals surface area contributed by atoms with Gasteiger partial charge in [0.2, 0.25) is 5.91 Å². The van der Waals surface area contributed by atoms with Gasteiger partial charge >= 0.3 is 0 Å². The van der Waals surface area contributed by atoms with Crippen molar-refractivity contribution in [3.05, 3.63) is 78.3 Å². The van der Waals surface area contributed by atoms with E-state index in [2.05, 4.69) is 57.4 Å². The minimum Gasteiger partial charge on any atom is -0.351 e. The Morgan fingerprint density at radius 3 is 2.80 bits per heavy atom. The van der Waals surface area contributed by atoms with Gasteiger partial charge in [0, 0.05) is 25.1 Å². The molecule has 3 heterocycles. The second kappa shape index (κ2) is 8.91. The summed E-state index contributed by atoms with van der Waals surface area (Å²) in [4.78, 5) is 25.0. The van der Waals surface area contributed by atoms with Gasteiger partial charge in [0.05, 0.1) is 11.4 Å². The Labute approximate surface area is 178 Å². The highest BCUT2D eigenvalue weighted by molar-refractivity contribution is 7.99. The van der Waals surface area contributed by atoms with Crippen molar-refractivity contribution in [3.8, 4) is 11.5 Å². The van der Waals surface area contributed by atoms with Crippen LogP contribution in [-0.2, 0) is 11.3 Å². The molecule has 0 aliphatic carbocycles. The van der Waals surface area contributed by atoms with E-state index in [-0.39, 0.29) is 11.7 Å². The maximum atomic E-state index is 12.3. The second-order valence-electron chi connectivity index (χ2n) is 6.80. The average Bonchev–Trinajstić information content (AvgIpc) is 3.43. The highest BCUT2D eigenvalue weighted by Crippen LogP contribution is 2.23. The molecular weight excluding hydrogens is 398 g/mol. The van der Waals surface area contributed by atoms with E-state index in [1.165, 1.54) is 29.2 Å². The standard InChI is InChI=1S/C21H21N7OS/c1-15-3-5-18(16(2)9-15)27-8-7-23-21(27)30-12-20(29)25-11-17-4-6-19(24-10-17)28-14-22-13-26-28/h3-10,13-14H,11-12H2,1-2H3,(H,25,29). The molecule has 0 fully saturated rings. The number of nitrogens with one attached hydrogen (secondary N) is 1. The topological polar surface area (TPSA) is 90.5 Å². The summed E-state index contributed by atoms with van der Waals surface area (Å²) in [5.41, 5.74) is 4.36. The van der Waals surface area contributed by atoms with E-state index in [1.807, 2.05) is 22.9 Å². The number of hydrogen-bond acceptors (Lipinski definition) is 6. The van der Waals surface area contributed by atoms with Gasteiger partial charge in [-0.2, -0.15) is 5.10 Å². The molecule has 8 nitrogen and oxygen atoms in total. The van der Waals surface area contributed by atoms with Crippen molar-refractivity contribution < 1.29 is 4.79 Å². The molecule has 0 atom stereocenters. The molecule has 3 aromatic heterocycles. The molecule has 4 aromatic rings. The molecule has 1 N–H and O–H groups in total. The molecule has 1 amide bonds. The molecule has 0 spiro atoms. The first-order valence-electron chi connectivity index (χ1n) is 9.40. The molecule has 9 heteroatoms. The lowest BCUT2D eigenvalue weighted by Gasteiger charge is -2.11. The first-order valence-corrected chi connectivity index (χ1v) is 10.4. The lowest BCUT2D eigenvalue weighted by molar-refractivity contribution is -0.118. The quantitative estimate of drug-likeness (QED) is 0.463. The minimum atomic E-state index is -0.0597. The molecule has 1 aromatic carbocycles. The third-order valence-electron chi connectivity index (χ3n) is 4.50. The number of pyridine rings is 1. The molecule has 152 valence electrons. The number of hydrogen-bond donors (Lipinski definition) is 1. The number of imidazole rings is 1. The number of carbonyl (C=O) groups excluding carboxylic acids is 1. The zero-order valence-corrected chi connectivity index (χ0v) is 17.5. The zero-order chi connectivity index (χ0) is 20.9. The predicted molar refractivity (Wildman–Crippen MR) is 115 cm³/mol. The molecule has 0 aliphatic rings. The summed E-state index contributed by atoms with van der Waals surface area (Å²) < 4.78 is 3.59.